The molecule has 1 aromatic heterocycles. The molecule has 0 spiro atoms. The van der Waals surface area contributed by atoms with Crippen LogP contribution in [0.4, 0.5) is 0 Å². The van der Waals surface area contributed by atoms with Gasteiger partial charge in [0.2, 0.25) is 0 Å². The van der Waals surface area contributed by atoms with Gasteiger partial charge < -0.3 is 20.1 Å². The fourth-order valence-electron chi connectivity index (χ4n) is 0.482. The first-order valence-corrected chi connectivity index (χ1v) is 2.44. The van der Waals surface area contributed by atoms with Crippen LogP contribution in [0.1, 0.15) is 10.4 Å². The number of nitrogens with zero attached hydrogens (tertiary/aromatic N) is 2. The van der Waals surface area contributed by atoms with Crippen molar-refractivity contribution in [3.05, 3.63) is 28.2 Å². The summed E-state index contributed by atoms with van der Waals surface area (Å²) < 4.78 is 0. The average Bonchev–Trinajstić information content (AvgIpc) is 1.88. The molecule has 0 saturated heterocycles. The third-order valence-electron chi connectivity index (χ3n) is 0.917. The first-order valence-electron chi connectivity index (χ1n) is 2.44. The summed E-state index contributed by atoms with van der Waals surface area (Å²) in [5.74, 6) is -1.28. The van der Waals surface area contributed by atoms with Gasteiger partial charge in [0.1, 0.15) is 5.56 Å². The second kappa shape index (κ2) is 4.92. The molecule has 0 aliphatic rings. The van der Waals surface area contributed by atoms with Gasteiger partial charge in [0.15, 0.2) is 0 Å². The first kappa shape index (κ1) is 11.2. The summed E-state index contributed by atoms with van der Waals surface area (Å²) in [6.07, 6.45) is 1.16. The second-order valence-corrected chi connectivity index (χ2v) is 1.56. The quantitative estimate of drug-likeness (QED) is 0.527. The number of carbonyl (C=O) groups is 1. The monoisotopic (exact) mass is 224 g/mol. The van der Waals surface area contributed by atoms with E-state index in [0.29, 0.717) is 0 Å². The number of hydrogen-bond acceptors (Lipinski definition) is 3. The molecule has 1 heterocycles. The van der Waals surface area contributed by atoms with Crippen LogP contribution in [0, 0.1) is 0 Å². The summed E-state index contributed by atoms with van der Waals surface area (Å²) in [7, 11) is 0. The van der Waals surface area contributed by atoms with E-state index in [0.717, 1.165) is 12.3 Å². The molecule has 0 atom stereocenters. The first-order chi connectivity index (χ1) is 4.72. The Morgan fingerprint density at radius 2 is 2.27 bits per heavy atom. The molecule has 0 amide bonds. The van der Waals surface area contributed by atoms with Crippen molar-refractivity contribution >= 4 is 5.97 Å². The molecular weight excluding hydrogens is 222 g/mol. The number of aromatic carboxylic acids is 1. The maximum atomic E-state index is 10.5. The number of hydrogen-bond donors (Lipinski definition) is 1. The van der Waals surface area contributed by atoms with Gasteiger partial charge >= 0.3 is 64.2 Å². The minimum Gasteiger partial charge on any atom is -0.540 e. The van der Waals surface area contributed by atoms with Crippen LogP contribution >= 0.6 is 0 Å². The van der Waals surface area contributed by atoms with E-state index in [2.05, 4.69) is 10.2 Å². The van der Waals surface area contributed by atoms with Gasteiger partial charge in [-0.15, -0.1) is 0 Å². The van der Waals surface area contributed by atoms with Gasteiger partial charge in [0, 0.05) is 6.20 Å². The summed E-state index contributed by atoms with van der Waals surface area (Å²) in [5.41, 5.74) is -1.16. The molecule has 0 aliphatic carbocycles. The van der Waals surface area contributed by atoms with Crippen LogP contribution in [0.5, 0.6) is 0 Å². The molecule has 6 heteroatoms. The van der Waals surface area contributed by atoms with E-state index in [1.54, 1.807) is 0 Å². The van der Waals surface area contributed by atoms with E-state index < -0.39 is 11.5 Å². The Labute approximate surface area is 111 Å². The van der Waals surface area contributed by atoms with Crippen molar-refractivity contribution in [2.75, 3.05) is 0 Å². The summed E-state index contributed by atoms with van der Waals surface area (Å²) in [5, 5.41) is 14.5. The molecule has 0 saturated carbocycles. The van der Waals surface area contributed by atoms with Crippen molar-refractivity contribution < 1.29 is 68.1 Å². The number of aromatic nitrogens is 2. The Hall–Kier alpha value is 0.155. The molecule has 0 radical (unpaired) electrons. The standard InChI is InChI=1S/C5H4N2O3.Rb/c8-4-3(5(9)10)1-2-6-7-4;/h1-2H,(H2,7,8,9,10);/q;+1/p-1. The maximum Gasteiger partial charge on any atom is 1.00 e. The van der Waals surface area contributed by atoms with E-state index in [1.165, 1.54) is 0 Å². The molecule has 0 aliphatic heterocycles. The zero-order valence-corrected chi connectivity index (χ0v) is 10.7. The van der Waals surface area contributed by atoms with Crippen molar-refractivity contribution in [2.45, 2.75) is 0 Å². The van der Waals surface area contributed by atoms with Crippen LogP contribution in [0.25, 0.3) is 0 Å². The molecule has 1 aromatic rings. The van der Waals surface area contributed by atoms with Crippen molar-refractivity contribution in [3.8, 4) is 0 Å². The van der Waals surface area contributed by atoms with Gasteiger partial charge in [-0.3, -0.25) is 0 Å². The molecule has 0 bridgehead atoms. The summed E-state index contributed by atoms with van der Waals surface area (Å²) in [4.78, 5) is 20.7. The predicted molar refractivity (Wildman–Crippen MR) is 30.8 cm³/mol. The van der Waals surface area contributed by atoms with Crippen LogP contribution in [-0.2, 0) is 0 Å². The van der Waals surface area contributed by atoms with Crippen LogP contribution in [0.2, 0.25) is 0 Å². The van der Waals surface area contributed by atoms with E-state index in [1.807, 2.05) is 0 Å². The van der Waals surface area contributed by atoms with Gasteiger partial charge in [-0.2, -0.15) is 0 Å². The minimum atomic E-state index is -1.28. The molecule has 1 rings (SSSR count). The Balaban J connectivity index is 0.000001000. The third-order valence-corrected chi connectivity index (χ3v) is 0.917. The van der Waals surface area contributed by atoms with Crippen LogP contribution < -0.4 is 68.8 Å². The molecule has 0 aromatic carbocycles. The summed E-state index contributed by atoms with van der Waals surface area (Å²) in [6.45, 7) is 0. The Morgan fingerprint density at radius 1 is 1.64 bits per heavy atom. The van der Waals surface area contributed by atoms with Crippen molar-refractivity contribution in [1.29, 1.82) is 0 Å². The number of rotatable bonds is 1. The number of carboxylic acids is 1. The number of carboxylic acid groups (broad SMARTS) is 1. The van der Waals surface area contributed by atoms with Crippen LogP contribution in [0.15, 0.2) is 17.1 Å². The Bertz CT molecular complexity index is 309. The van der Waals surface area contributed by atoms with Gasteiger partial charge in [-0.1, -0.05) is 0 Å². The Morgan fingerprint density at radius 3 is 2.64 bits per heavy atom. The molecule has 11 heavy (non-hydrogen) atoms. The normalized spacial score (nSPS) is 8.36. The SMILES string of the molecule is O=C(O)c1ccn[n-]c1=O.[Rb+]. The molecule has 0 fully saturated rings. The molecular formula is C5H3N2O3Rb. The zero-order chi connectivity index (χ0) is 7.56. The van der Waals surface area contributed by atoms with Gasteiger partial charge in [0.25, 0.3) is 0 Å². The van der Waals surface area contributed by atoms with Crippen LogP contribution in [-0.4, -0.2) is 16.2 Å². The fraction of sp³-hybridized carbons (Fsp3) is 0. The minimum absolute atomic E-state index is 0. The van der Waals surface area contributed by atoms with Gasteiger partial charge in [-0.05, 0) is 6.07 Å². The second-order valence-electron chi connectivity index (χ2n) is 1.56. The zero-order valence-electron chi connectivity index (χ0n) is 5.81. The van der Waals surface area contributed by atoms with E-state index in [9.17, 15) is 9.59 Å². The average molecular weight is 225 g/mol. The predicted octanol–water partition coefficient (Wildman–Crippen LogP) is -3.90. The third kappa shape index (κ3) is 2.94. The maximum absolute atomic E-state index is 10.5. The molecule has 52 valence electrons. The van der Waals surface area contributed by atoms with Crippen molar-refractivity contribution in [3.63, 3.8) is 0 Å². The molecule has 5 nitrogen and oxygen atoms in total. The van der Waals surface area contributed by atoms with Crippen molar-refractivity contribution in [2.24, 2.45) is 0 Å². The molecule has 0 unspecified atom stereocenters. The van der Waals surface area contributed by atoms with Gasteiger partial charge in [-0.25, -0.2) is 4.79 Å². The van der Waals surface area contributed by atoms with Crippen LogP contribution in [0.3, 0.4) is 0 Å². The topological polar surface area (TPSA) is 81.4 Å². The van der Waals surface area contributed by atoms with E-state index >= 15 is 0 Å². The molecule has 1 N–H and O–H groups in total. The van der Waals surface area contributed by atoms with Crippen molar-refractivity contribution in [1.82, 2.24) is 10.2 Å². The fourth-order valence-corrected chi connectivity index (χ4v) is 0.482. The van der Waals surface area contributed by atoms with Gasteiger partial charge in [0.05, 0.1) is 5.56 Å². The summed E-state index contributed by atoms with van der Waals surface area (Å²) >= 11 is 0. The largest absolute Gasteiger partial charge is 1.00 e. The van der Waals surface area contributed by atoms with E-state index in [-0.39, 0.29) is 63.8 Å². The summed E-state index contributed by atoms with van der Waals surface area (Å²) in [6, 6.07) is 1.11. The smallest absolute Gasteiger partial charge is 0.540 e. The van der Waals surface area contributed by atoms with E-state index in [4.69, 9.17) is 5.11 Å². The Kier molecular flexibility index (Phi) is 4.99.